The van der Waals surface area contributed by atoms with Crippen LogP contribution < -0.4 is 4.72 Å². The molecule has 7 nitrogen and oxygen atoms in total. The van der Waals surface area contributed by atoms with Gasteiger partial charge in [0.15, 0.2) is 5.75 Å². The number of esters is 1. The third kappa shape index (κ3) is 4.98. The fourth-order valence-electron chi connectivity index (χ4n) is 1.49. The molecule has 0 spiro atoms. The van der Waals surface area contributed by atoms with E-state index >= 15 is 0 Å². The number of benzene rings is 1. The van der Waals surface area contributed by atoms with Crippen LogP contribution >= 0.6 is 0 Å². The molecule has 8 heteroatoms. The summed E-state index contributed by atoms with van der Waals surface area (Å²) in [6.07, 6.45) is 0. The fourth-order valence-corrected chi connectivity index (χ4v) is 2.56. The molecule has 20 heavy (non-hydrogen) atoms. The Morgan fingerprint density at radius 2 is 1.90 bits per heavy atom. The minimum atomic E-state index is -4.10. The lowest BCUT2D eigenvalue weighted by Crippen LogP contribution is -2.37. The van der Waals surface area contributed by atoms with E-state index in [0.29, 0.717) is 0 Å². The van der Waals surface area contributed by atoms with Gasteiger partial charge in [0, 0.05) is 0 Å². The number of aliphatic carboxylic acids is 1. The second-order valence-electron chi connectivity index (χ2n) is 3.86. The molecule has 1 atom stereocenters. The van der Waals surface area contributed by atoms with E-state index in [0.717, 1.165) is 0 Å². The standard InChI is InChI=1S/C12H15NO6S/c1-2-19-10(14)8-20(17,18)13-11(12(15)16)9-6-4-3-5-7-9/h3-7,11,13H,2,8H2,1H3,(H,15,16)/t11-/m1/s1. The summed E-state index contributed by atoms with van der Waals surface area (Å²) in [6.45, 7) is 1.59. The lowest BCUT2D eigenvalue weighted by molar-refractivity contribution is -0.141. The summed E-state index contributed by atoms with van der Waals surface area (Å²) >= 11 is 0. The first kappa shape index (κ1) is 16.1. The summed E-state index contributed by atoms with van der Waals surface area (Å²) in [5.41, 5.74) is 0.271. The molecule has 110 valence electrons. The first-order valence-electron chi connectivity index (χ1n) is 5.79. The van der Waals surface area contributed by atoms with E-state index in [-0.39, 0.29) is 12.2 Å². The number of rotatable bonds is 7. The second-order valence-corrected chi connectivity index (χ2v) is 5.62. The minimum absolute atomic E-state index is 0.0510. The van der Waals surface area contributed by atoms with Crippen molar-refractivity contribution in [2.45, 2.75) is 13.0 Å². The van der Waals surface area contributed by atoms with Gasteiger partial charge in [-0.2, -0.15) is 4.72 Å². The van der Waals surface area contributed by atoms with Crippen LogP contribution in [0.4, 0.5) is 0 Å². The average molecular weight is 301 g/mol. The van der Waals surface area contributed by atoms with E-state index in [1.807, 2.05) is 4.72 Å². The van der Waals surface area contributed by atoms with Crippen molar-refractivity contribution < 1.29 is 27.9 Å². The van der Waals surface area contributed by atoms with E-state index in [2.05, 4.69) is 4.74 Å². The van der Waals surface area contributed by atoms with Crippen LogP contribution in [0.25, 0.3) is 0 Å². The van der Waals surface area contributed by atoms with Crippen molar-refractivity contribution in [2.75, 3.05) is 12.4 Å². The summed E-state index contributed by atoms with van der Waals surface area (Å²) < 4.78 is 29.9. The van der Waals surface area contributed by atoms with Gasteiger partial charge in [-0.25, -0.2) is 8.42 Å². The first-order chi connectivity index (χ1) is 9.35. The van der Waals surface area contributed by atoms with Gasteiger partial charge in [-0.1, -0.05) is 30.3 Å². The molecule has 1 aromatic carbocycles. The number of carbonyl (C=O) groups excluding carboxylic acids is 1. The first-order valence-corrected chi connectivity index (χ1v) is 7.44. The quantitative estimate of drug-likeness (QED) is 0.701. The molecule has 0 saturated heterocycles. The number of nitrogens with one attached hydrogen (secondary N) is 1. The molecule has 0 heterocycles. The van der Waals surface area contributed by atoms with Crippen molar-refractivity contribution in [3.8, 4) is 0 Å². The van der Waals surface area contributed by atoms with Crippen molar-refractivity contribution in [3.63, 3.8) is 0 Å². The molecule has 0 aliphatic carbocycles. The summed E-state index contributed by atoms with van der Waals surface area (Å²) in [5, 5.41) is 9.08. The highest BCUT2D eigenvalue weighted by Gasteiger charge is 2.27. The second kappa shape index (κ2) is 7.01. The lowest BCUT2D eigenvalue weighted by Gasteiger charge is -2.14. The minimum Gasteiger partial charge on any atom is -0.480 e. The van der Waals surface area contributed by atoms with Crippen molar-refractivity contribution in [1.82, 2.24) is 4.72 Å². The third-order valence-electron chi connectivity index (χ3n) is 2.29. The number of carbonyl (C=O) groups is 2. The maximum absolute atomic E-state index is 11.7. The smallest absolute Gasteiger partial charge is 0.326 e. The molecule has 1 rings (SSSR count). The Labute approximate surface area is 116 Å². The molecular formula is C12H15NO6S. The van der Waals surface area contributed by atoms with Gasteiger partial charge in [-0.05, 0) is 12.5 Å². The number of hydrogen-bond acceptors (Lipinski definition) is 5. The zero-order valence-corrected chi connectivity index (χ0v) is 11.6. The zero-order valence-electron chi connectivity index (χ0n) is 10.8. The lowest BCUT2D eigenvalue weighted by atomic mass is 10.1. The van der Waals surface area contributed by atoms with Crippen LogP contribution in [-0.4, -0.2) is 37.8 Å². The Hall–Kier alpha value is -1.93. The van der Waals surface area contributed by atoms with Crippen LogP contribution in [0.5, 0.6) is 0 Å². The van der Waals surface area contributed by atoms with Crippen LogP contribution in [-0.2, 0) is 24.3 Å². The van der Waals surface area contributed by atoms with E-state index in [1.165, 1.54) is 12.1 Å². The van der Waals surface area contributed by atoms with Crippen LogP contribution in [0, 0.1) is 0 Å². The highest BCUT2D eigenvalue weighted by atomic mass is 32.2. The Bertz CT molecular complexity index is 569. The summed E-state index contributed by atoms with van der Waals surface area (Å²) in [5.74, 6) is -3.21. The molecule has 1 aromatic rings. The Morgan fingerprint density at radius 3 is 2.40 bits per heavy atom. The van der Waals surface area contributed by atoms with Gasteiger partial charge < -0.3 is 9.84 Å². The van der Waals surface area contributed by atoms with Crippen LogP contribution in [0.15, 0.2) is 30.3 Å². The molecule has 0 saturated carbocycles. The summed E-state index contributed by atoms with van der Waals surface area (Å²) in [7, 11) is -4.10. The van der Waals surface area contributed by atoms with Gasteiger partial charge in [0.1, 0.15) is 6.04 Å². The summed E-state index contributed by atoms with van der Waals surface area (Å²) in [6, 6.07) is 6.36. The molecule has 2 N–H and O–H groups in total. The van der Waals surface area contributed by atoms with E-state index in [4.69, 9.17) is 5.11 Å². The highest BCUT2D eigenvalue weighted by Crippen LogP contribution is 2.14. The topological polar surface area (TPSA) is 110 Å². The monoisotopic (exact) mass is 301 g/mol. The van der Waals surface area contributed by atoms with Crippen LogP contribution in [0.3, 0.4) is 0 Å². The van der Waals surface area contributed by atoms with Crippen molar-refractivity contribution in [3.05, 3.63) is 35.9 Å². The highest BCUT2D eigenvalue weighted by molar-refractivity contribution is 7.90. The van der Waals surface area contributed by atoms with Crippen molar-refractivity contribution in [1.29, 1.82) is 0 Å². The zero-order chi connectivity index (χ0) is 15.2. The Morgan fingerprint density at radius 1 is 1.30 bits per heavy atom. The number of carboxylic acid groups (broad SMARTS) is 1. The normalized spacial score (nSPS) is 12.7. The van der Waals surface area contributed by atoms with Crippen molar-refractivity contribution in [2.24, 2.45) is 0 Å². The van der Waals surface area contributed by atoms with Gasteiger partial charge >= 0.3 is 11.9 Å². The third-order valence-corrected chi connectivity index (χ3v) is 3.50. The Kier molecular flexibility index (Phi) is 5.66. The number of hydrogen-bond donors (Lipinski definition) is 2. The predicted octanol–water partition coefficient (Wildman–Crippen LogP) is 0.295. The van der Waals surface area contributed by atoms with E-state index < -0.39 is 33.8 Å². The number of carboxylic acids is 1. The average Bonchev–Trinajstić information content (AvgIpc) is 2.36. The molecular weight excluding hydrogens is 286 g/mol. The molecule has 0 unspecified atom stereocenters. The number of ether oxygens (including phenoxy) is 1. The Balaban J connectivity index is 2.86. The van der Waals surface area contributed by atoms with Crippen LogP contribution in [0.2, 0.25) is 0 Å². The van der Waals surface area contributed by atoms with Gasteiger partial charge in [0.25, 0.3) is 0 Å². The van der Waals surface area contributed by atoms with Crippen LogP contribution in [0.1, 0.15) is 18.5 Å². The summed E-state index contributed by atoms with van der Waals surface area (Å²) in [4.78, 5) is 22.3. The number of sulfonamides is 1. The van der Waals surface area contributed by atoms with Crippen molar-refractivity contribution >= 4 is 22.0 Å². The molecule has 0 amide bonds. The van der Waals surface area contributed by atoms with Gasteiger partial charge in [0.05, 0.1) is 6.61 Å². The van der Waals surface area contributed by atoms with Gasteiger partial charge in [-0.3, -0.25) is 9.59 Å². The predicted molar refractivity (Wildman–Crippen MR) is 70.4 cm³/mol. The largest absolute Gasteiger partial charge is 0.480 e. The SMILES string of the molecule is CCOC(=O)CS(=O)(=O)N[C@@H](C(=O)O)c1ccccc1. The molecule has 0 aliphatic heterocycles. The molecule has 0 bridgehead atoms. The van der Waals surface area contributed by atoms with Gasteiger partial charge in [0.2, 0.25) is 10.0 Å². The molecule has 0 aliphatic rings. The molecule has 0 radical (unpaired) electrons. The van der Waals surface area contributed by atoms with Gasteiger partial charge in [-0.15, -0.1) is 0 Å². The van der Waals surface area contributed by atoms with E-state index in [9.17, 15) is 18.0 Å². The maximum Gasteiger partial charge on any atom is 0.326 e. The maximum atomic E-state index is 11.7. The molecule has 0 aromatic heterocycles. The molecule has 0 fully saturated rings. The fraction of sp³-hybridized carbons (Fsp3) is 0.333. The van der Waals surface area contributed by atoms with E-state index in [1.54, 1.807) is 25.1 Å².